The summed E-state index contributed by atoms with van der Waals surface area (Å²) in [6.45, 7) is 0. The van der Waals surface area contributed by atoms with Crippen molar-refractivity contribution in [3.05, 3.63) is 112 Å². The summed E-state index contributed by atoms with van der Waals surface area (Å²) >= 11 is 3.51. The van der Waals surface area contributed by atoms with E-state index >= 15 is 0 Å². The van der Waals surface area contributed by atoms with Crippen LogP contribution in [0.3, 0.4) is 0 Å². The summed E-state index contributed by atoms with van der Waals surface area (Å²) in [6.07, 6.45) is -1.60. The van der Waals surface area contributed by atoms with Crippen molar-refractivity contribution in [3.63, 3.8) is 0 Å². The lowest BCUT2D eigenvalue weighted by molar-refractivity contribution is -0.384. The maximum absolute atomic E-state index is 13.2. The maximum atomic E-state index is 13.2. The molecule has 8 nitrogen and oxygen atoms in total. The zero-order valence-electron chi connectivity index (χ0n) is 21.1. The number of benzene rings is 3. The van der Waals surface area contributed by atoms with Crippen LogP contribution < -0.4 is 5.32 Å². The first kappa shape index (κ1) is 28.8. The van der Waals surface area contributed by atoms with Crippen LogP contribution in [0.15, 0.2) is 84.9 Å². The van der Waals surface area contributed by atoms with Crippen molar-refractivity contribution in [2.45, 2.75) is 41.3 Å². The largest absolute Gasteiger partial charge is 0.367 e. The van der Waals surface area contributed by atoms with Crippen LogP contribution in [0.2, 0.25) is 0 Å². The standard InChI is InChI=1S/C29H30N2O6S2/c32-24(15-19-11-13-22(14-12-19)31(36)37)27(29(34)35)26-23(30-28(26)33)16-25(38-17-20-7-3-1-4-8-20)39-18-21-9-5-2-6-10-21/h1-14,23,25-27,29,34-35H,15-18H2,(H,30,33). The van der Waals surface area contributed by atoms with Gasteiger partial charge in [0, 0.05) is 36.1 Å². The van der Waals surface area contributed by atoms with Crippen LogP contribution in [-0.2, 0) is 27.5 Å². The summed E-state index contributed by atoms with van der Waals surface area (Å²) in [5, 5.41) is 34.1. The maximum Gasteiger partial charge on any atom is 0.269 e. The van der Waals surface area contributed by atoms with Crippen molar-refractivity contribution in [1.29, 1.82) is 0 Å². The fourth-order valence-electron chi connectivity index (χ4n) is 4.60. The number of aliphatic hydroxyl groups is 2. The second-order valence-corrected chi connectivity index (χ2v) is 12.1. The van der Waals surface area contributed by atoms with E-state index in [-0.39, 0.29) is 28.6 Å². The summed E-state index contributed by atoms with van der Waals surface area (Å²) < 4.78 is 0.0831. The van der Waals surface area contributed by atoms with E-state index in [0.29, 0.717) is 12.0 Å². The number of nitrogens with zero attached hydrogens (tertiary/aromatic N) is 1. The number of carbonyl (C=O) groups is 2. The number of nitro groups is 1. The highest BCUT2D eigenvalue weighted by Gasteiger charge is 2.50. The highest BCUT2D eigenvalue weighted by atomic mass is 32.2. The van der Waals surface area contributed by atoms with Crippen molar-refractivity contribution in [3.8, 4) is 0 Å². The number of rotatable bonds is 14. The molecule has 0 bridgehead atoms. The molecule has 39 heavy (non-hydrogen) atoms. The molecule has 1 aliphatic rings. The highest BCUT2D eigenvalue weighted by Crippen LogP contribution is 2.38. The first-order valence-electron chi connectivity index (χ1n) is 12.6. The Morgan fingerprint density at radius 3 is 1.87 bits per heavy atom. The fraction of sp³-hybridized carbons (Fsp3) is 0.310. The Hall–Kier alpha value is -3.18. The van der Waals surface area contributed by atoms with Crippen LogP contribution in [0.4, 0.5) is 5.69 Å². The molecule has 1 saturated heterocycles. The Morgan fingerprint density at radius 2 is 1.41 bits per heavy atom. The van der Waals surface area contributed by atoms with Crippen LogP contribution in [0.25, 0.3) is 0 Å². The third-order valence-electron chi connectivity index (χ3n) is 6.67. The van der Waals surface area contributed by atoms with Crippen molar-refractivity contribution in [2.75, 3.05) is 0 Å². The van der Waals surface area contributed by atoms with Gasteiger partial charge in [0.05, 0.1) is 21.3 Å². The molecule has 4 rings (SSSR count). The topological polar surface area (TPSA) is 130 Å². The number of thioether (sulfide) groups is 2. The second kappa shape index (κ2) is 13.7. The van der Waals surface area contributed by atoms with Crippen molar-refractivity contribution < 1.29 is 24.7 Å². The summed E-state index contributed by atoms with van der Waals surface area (Å²) in [5.41, 5.74) is 2.77. The van der Waals surface area contributed by atoms with Crippen molar-refractivity contribution >= 4 is 40.9 Å². The molecule has 3 atom stereocenters. The summed E-state index contributed by atoms with van der Waals surface area (Å²) in [6, 6.07) is 25.3. The lowest BCUT2D eigenvalue weighted by Crippen LogP contribution is -2.64. The molecular weight excluding hydrogens is 536 g/mol. The number of aliphatic hydroxyl groups excluding tert-OH is 1. The van der Waals surface area contributed by atoms with Crippen LogP contribution in [0, 0.1) is 22.0 Å². The summed E-state index contributed by atoms with van der Waals surface area (Å²) in [7, 11) is 0. The van der Waals surface area contributed by atoms with Gasteiger partial charge in [-0.2, -0.15) is 0 Å². The first-order valence-corrected chi connectivity index (χ1v) is 14.6. The van der Waals surface area contributed by atoms with E-state index in [1.54, 1.807) is 23.5 Å². The molecule has 3 aromatic rings. The average Bonchev–Trinajstić information content (AvgIpc) is 2.93. The van der Waals surface area contributed by atoms with Gasteiger partial charge in [0.2, 0.25) is 5.91 Å². The number of nitrogens with one attached hydrogen (secondary N) is 1. The minimum absolute atomic E-state index is 0.0831. The molecule has 3 N–H and O–H groups in total. The summed E-state index contributed by atoms with van der Waals surface area (Å²) in [4.78, 5) is 36.2. The third-order valence-corrected chi connectivity index (χ3v) is 9.62. The molecule has 10 heteroatoms. The van der Waals surface area contributed by atoms with Gasteiger partial charge in [-0.15, -0.1) is 23.5 Å². The molecule has 1 amide bonds. The highest BCUT2D eigenvalue weighted by molar-refractivity contribution is 8.16. The predicted octanol–water partition coefficient (Wildman–Crippen LogP) is 4.33. The number of β-lactam (4-membered cyclic amide) rings is 1. The number of nitro benzene ring substituents is 1. The molecule has 1 fully saturated rings. The van der Waals surface area contributed by atoms with Crippen molar-refractivity contribution in [1.82, 2.24) is 5.32 Å². The van der Waals surface area contributed by atoms with E-state index in [1.165, 1.54) is 35.4 Å². The molecule has 204 valence electrons. The Labute approximate surface area is 235 Å². The van der Waals surface area contributed by atoms with Crippen LogP contribution in [0.5, 0.6) is 0 Å². The molecule has 1 aliphatic heterocycles. The molecule has 0 aromatic heterocycles. The van der Waals surface area contributed by atoms with E-state index in [1.807, 2.05) is 36.4 Å². The fourth-order valence-corrected chi connectivity index (χ4v) is 7.22. The number of carbonyl (C=O) groups excluding carboxylic acids is 2. The number of amides is 1. The molecular formula is C29H30N2O6S2. The molecule has 3 unspecified atom stereocenters. The van der Waals surface area contributed by atoms with Crippen LogP contribution in [-0.4, -0.2) is 43.7 Å². The van der Waals surface area contributed by atoms with E-state index < -0.39 is 28.8 Å². The number of hydrogen-bond donors (Lipinski definition) is 3. The zero-order chi connectivity index (χ0) is 27.8. The minimum atomic E-state index is -2.00. The van der Waals surface area contributed by atoms with E-state index in [0.717, 1.165) is 11.5 Å². The van der Waals surface area contributed by atoms with E-state index in [9.17, 15) is 29.9 Å². The van der Waals surface area contributed by atoms with Gasteiger partial charge < -0.3 is 15.5 Å². The monoisotopic (exact) mass is 566 g/mol. The van der Waals surface area contributed by atoms with Gasteiger partial charge in [-0.25, -0.2) is 0 Å². The normalized spacial score (nSPS) is 17.5. The van der Waals surface area contributed by atoms with Gasteiger partial charge in [-0.3, -0.25) is 19.7 Å². The molecule has 0 saturated carbocycles. The lowest BCUT2D eigenvalue weighted by Gasteiger charge is -2.42. The quantitative estimate of drug-likeness (QED) is 0.114. The van der Waals surface area contributed by atoms with Gasteiger partial charge in [-0.1, -0.05) is 72.8 Å². The minimum Gasteiger partial charge on any atom is -0.367 e. The summed E-state index contributed by atoms with van der Waals surface area (Å²) in [5.74, 6) is -1.47. The van der Waals surface area contributed by atoms with Gasteiger partial charge in [0.1, 0.15) is 5.78 Å². The smallest absolute Gasteiger partial charge is 0.269 e. The van der Waals surface area contributed by atoms with Gasteiger partial charge in [-0.05, 0) is 23.1 Å². The van der Waals surface area contributed by atoms with E-state index in [4.69, 9.17) is 0 Å². The van der Waals surface area contributed by atoms with Gasteiger partial charge in [0.25, 0.3) is 5.69 Å². The average molecular weight is 567 g/mol. The molecule has 3 aromatic carbocycles. The molecule has 1 heterocycles. The number of ketones is 1. The second-order valence-electron chi connectivity index (χ2n) is 9.41. The Morgan fingerprint density at radius 1 is 0.872 bits per heavy atom. The number of Topliss-reactive ketones (excluding diaryl/α,β-unsaturated/α-hetero) is 1. The number of non-ortho nitro benzene ring substituents is 1. The lowest BCUT2D eigenvalue weighted by atomic mass is 9.74. The number of hydrogen-bond acceptors (Lipinski definition) is 8. The first-order chi connectivity index (χ1) is 18.8. The van der Waals surface area contributed by atoms with Gasteiger partial charge >= 0.3 is 0 Å². The molecule has 0 spiro atoms. The van der Waals surface area contributed by atoms with Crippen LogP contribution >= 0.6 is 23.5 Å². The van der Waals surface area contributed by atoms with Crippen molar-refractivity contribution in [2.24, 2.45) is 11.8 Å². The predicted molar refractivity (Wildman–Crippen MR) is 153 cm³/mol. The Balaban J connectivity index is 1.45. The SMILES string of the molecule is O=C(Cc1ccc([N+](=O)[O-])cc1)C(C(O)O)C1C(=O)NC1CC(SCc1ccccc1)SCc1ccccc1. The molecule has 0 radical (unpaired) electrons. The zero-order valence-corrected chi connectivity index (χ0v) is 22.7. The van der Waals surface area contributed by atoms with E-state index in [2.05, 4.69) is 29.6 Å². The van der Waals surface area contributed by atoms with Gasteiger partial charge in [0.15, 0.2) is 6.29 Å². The Bertz CT molecular complexity index is 1210. The molecule has 0 aliphatic carbocycles. The third kappa shape index (κ3) is 7.92. The Kier molecular flexibility index (Phi) is 10.2. The van der Waals surface area contributed by atoms with Crippen LogP contribution in [0.1, 0.15) is 23.1 Å².